The summed E-state index contributed by atoms with van der Waals surface area (Å²) in [4.78, 5) is 10.9. The average Bonchev–Trinajstić information content (AvgIpc) is 3.03. The summed E-state index contributed by atoms with van der Waals surface area (Å²) < 4.78 is 5.97. The maximum absolute atomic E-state index is 10.9. The number of rotatable bonds is 6. The Morgan fingerprint density at radius 3 is 2.52 bits per heavy atom. The maximum atomic E-state index is 10.9. The number of carboxylic acid groups (broad SMARTS) is 1. The molecular weight excluding hydrogens is 347 g/mol. The van der Waals surface area contributed by atoms with Crippen LogP contribution in [-0.2, 0) is 4.79 Å². The normalized spacial score (nSPS) is 18.6. The van der Waals surface area contributed by atoms with Crippen LogP contribution in [0.15, 0.2) is 35.9 Å². The third-order valence-electron chi connectivity index (χ3n) is 5.70. The number of aliphatic carboxylic acids is 1. The molecule has 1 fully saturated rings. The minimum atomic E-state index is -1.08. The van der Waals surface area contributed by atoms with Crippen LogP contribution in [0.4, 0.5) is 0 Å². The SMILES string of the molecule is CC#C[C@@H](CC(=O)[O-])c1ccc(OCC2=CC3(CCCCC3)CC2)cc1.[Na+]. The predicted molar refractivity (Wildman–Crippen MR) is 101 cm³/mol. The molecule has 0 heterocycles. The van der Waals surface area contributed by atoms with Gasteiger partial charge in [0.25, 0.3) is 0 Å². The molecule has 0 N–H and O–H groups in total. The first-order valence-electron chi connectivity index (χ1n) is 9.66. The van der Waals surface area contributed by atoms with E-state index in [1.54, 1.807) is 6.92 Å². The van der Waals surface area contributed by atoms with Crippen molar-refractivity contribution in [3.8, 4) is 17.6 Å². The Kier molecular flexibility index (Phi) is 8.48. The Bertz CT molecular complexity index is 718. The second kappa shape index (κ2) is 10.4. The molecule has 1 spiro atoms. The van der Waals surface area contributed by atoms with Gasteiger partial charge >= 0.3 is 29.6 Å². The van der Waals surface area contributed by atoms with Gasteiger partial charge in [0.2, 0.25) is 0 Å². The van der Waals surface area contributed by atoms with E-state index in [1.807, 2.05) is 24.3 Å². The van der Waals surface area contributed by atoms with E-state index in [0.717, 1.165) is 17.7 Å². The molecule has 1 aromatic rings. The number of carbonyl (C=O) groups is 1. The van der Waals surface area contributed by atoms with Crippen molar-refractivity contribution < 1.29 is 44.2 Å². The summed E-state index contributed by atoms with van der Waals surface area (Å²) in [6.07, 6.45) is 11.6. The van der Waals surface area contributed by atoms with E-state index < -0.39 is 5.97 Å². The van der Waals surface area contributed by atoms with Crippen LogP contribution >= 0.6 is 0 Å². The van der Waals surface area contributed by atoms with E-state index in [2.05, 4.69) is 17.9 Å². The van der Waals surface area contributed by atoms with Gasteiger partial charge in [-0.1, -0.05) is 43.4 Å². The topological polar surface area (TPSA) is 49.4 Å². The molecule has 0 saturated heterocycles. The number of benzene rings is 1. The molecule has 0 amide bonds. The van der Waals surface area contributed by atoms with Crippen molar-refractivity contribution in [1.82, 2.24) is 0 Å². The third kappa shape index (κ3) is 6.14. The number of carbonyl (C=O) groups excluding carboxylic acids is 1. The van der Waals surface area contributed by atoms with Crippen LogP contribution in [0.25, 0.3) is 0 Å². The standard InChI is InChI=1S/C23H28O3.Na/c1-2-6-20(15-22(24)25)19-7-9-21(10-8-19)26-17-18-11-14-23(16-18)12-4-3-5-13-23;/h7-10,16,20H,3-5,11-15,17H2,1H3,(H,24,25);/q;+1/p-1/t20-;/m0./s1. The molecule has 2 aliphatic rings. The van der Waals surface area contributed by atoms with Gasteiger partial charge in [0.15, 0.2) is 0 Å². The third-order valence-corrected chi connectivity index (χ3v) is 5.70. The van der Waals surface area contributed by atoms with Crippen molar-refractivity contribution in [2.45, 2.75) is 64.2 Å². The molecule has 0 unspecified atom stereocenters. The molecule has 1 aromatic carbocycles. The van der Waals surface area contributed by atoms with Crippen molar-refractivity contribution in [2.24, 2.45) is 5.41 Å². The number of hydrogen-bond acceptors (Lipinski definition) is 3. The van der Waals surface area contributed by atoms with Crippen LogP contribution in [-0.4, -0.2) is 12.6 Å². The van der Waals surface area contributed by atoms with Gasteiger partial charge in [0.05, 0.1) is 5.92 Å². The Balaban J connectivity index is 0.00000261. The average molecular weight is 374 g/mol. The zero-order chi connectivity index (χ0) is 18.4. The minimum absolute atomic E-state index is 0. The summed E-state index contributed by atoms with van der Waals surface area (Å²) in [6.45, 7) is 2.37. The number of ether oxygens (including phenoxy) is 1. The first-order valence-corrected chi connectivity index (χ1v) is 9.66. The van der Waals surface area contributed by atoms with Gasteiger partial charge in [0.1, 0.15) is 12.4 Å². The van der Waals surface area contributed by atoms with Crippen LogP contribution in [0, 0.1) is 17.3 Å². The van der Waals surface area contributed by atoms with Crippen LogP contribution in [0.1, 0.15) is 69.8 Å². The fourth-order valence-electron chi connectivity index (χ4n) is 4.32. The van der Waals surface area contributed by atoms with Crippen LogP contribution in [0.3, 0.4) is 0 Å². The van der Waals surface area contributed by atoms with Gasteiger partial charge in [-0.05, 0) is 61.3 Å². The first-order chi connectivity index (χ1) is 12.6. The number of allylic oxidation sites excluding steroid dienone is 1. The van der Waals surface area contributed by atoms with Crippen molar-refractivity contribution >= 4 is 5.97 Å². The maximum Gasteiger partial charge on any atom is 1.00 e. The zero-order valence-corrected chi connectivity index (χ0v) is 18.6. The monoisotopic (exact) mass is 374 g/mol. The summed E-state index contributed by atoms with van der Waals surface area (Å²) in [6, 6.07) is 7.61. The predicted octanol–water partition coefficient (Wildman–Crippen LogP) is 0.987. The van der Waals surface area contributed by atoms with Crippen molar-refractivity contribution in [2.75, 3.05) is 6.61 Å². The van der Waals surface area contributed by atoms with E-state index in [1.165, 1.54) is 44.1 Å². The molecular formula is C23H27NaO3. The van der Waals surface area contributed by atoms with Gasteiger partial charge in [-0.3, -0.25) is 0 Å². The van der Waals surface area contributed by atoms with E-state index in [-0.39, 0.29) is 41.9 Å². The second-order valence-electron chi connectivity index (χ2n) is 7.61. The van der Waals surface area contributed by atoms with Crippen LogP contribution in [0.5, 0.6) is 5.75 Å². The number of hydrogen-bond donors (Lipinski definition) is 0. The van der Waals surface area contributed by atoms with E-state index in [4.69, 9.17) is 4.74 Å². The molecule has 0 aliphatic heterocycles. The Morgan fingerprint density at radius 1 is 1.19 bits per heavy atom. The van der Waals surface area contributed by atoms with E-state index in [9.17, 15) is 9.90 Å². The van der Waals surface area contributed by atoms with Gasteiger partial charge in [-0.2, -0.15) is 0 Å². The molecule has 3 nitrogen and oxygen atoms in total. The molecule has 1 saturated carbocycles. The summed E-state index contributed by atoms with van der Waals surface area (Å²) >= 11 is 0. The summed E-state index contributed by atoms with van der Waals surface area (Å²) in [5, 5.41) is 10.9. The molecule has 1 atom stereocenters. The van der Waals surface area contributed by atoms with Crippen molar-refractivity contribution in [1.29, 1.82) is 0 Å². The Labute approximate surface area is 184 Å². The molecule has 27 heavy (non-hydrogen) atoms. The van der Waals surface area contributed by atoms with Gasteiger partial charge in [0, 0.05) is 12.4 Å². The summed E-state index contributed by atoms with van der Waals surface area (Å²) in [5.41, 5.74) is 2.76. The second-order valence-corrected chi connectivity index (χ2v) is 7.61. The van der Waals surface area contributed by atoms with E-state index in [0.29, 0.717) is 12.0 Å². The van der Waals surface area contributed by atoms with E-state index >= 15 is 0 Å². The molecule has 4 heteroatoms. The molecule has 0 aromatic heterocycles. The van der Waals surface area contributed by atoms with Crippen LogP contribution in [0.2, 0.25) is 0 Å². The minimum Gasteiger partial charge on any atom is -0.550 e. The van der Waals surface area contributed by atoms with Gasteiger partial charge < -0.3 is 14.6 Å². The first kappa shape index (κ1) is 22.1. The summed E-state index contributed by atoms with van der Waals surface area (Å²) in [5.74, 6) is 5.14. The van der Waals surface area contributed by atoms with Gasteiger partial charge in [-0.15, -0.1) is 5.92 Å². The van der Waals surface area contributed by atoms with Crippen LogP contribution < -0.4 is 39.4 Å². The summed E-state index contributed by atoms with van der Waals surface area (Å²) in [7, 11) is 0. The van der Waals surface area contributed by atoms with Crippen molar-refractivity contribution in [3.63, 3.8) is 0 Å². The smallest absolute Gasteiger partial charge is 0.550 e. The fourth-order valence-corrected chi connectivity index (χ4v) is 4.32. The molecule has 0 bridgehead atoms. The molecule has 0 radical (unpaired) electrons. The Hall–Kier alpha value is -1.21. The fraction of sp³-hybridized carbons (Fsp3) is 0.522. The zero-order valence-electron chi connectivity index (χ0n) is 16.6. The van der Waals surface area contributed by atoms with Gasteiger partial charge in [-0.25, -0.2) is 0 Å². The molecule has 2 aliphatic carbocycles. The number of carboxylic acids is 1. The largest absolute Gasteiger partial charge is 1.00 e. The quantitative estimate of drug-likeness (QED) is 0.424. The molecule has 3 rings (SSSR count). The molecule has 138 valence electrons. The van der Waals surface area contributed by atoms with Crippen molar-refractivity contribution in [3.05, 3.63) is 41.5 Å². The Morgan fingerprint density at radius 2 is 1.89 bits per heavy atom.